The Balaban J connectivity index is 1.79. The van der Waals surface area contributed by atoms with Gasteiger partial charge in [-0.3, -0.25) is 9.59 Å². The van der Waals surface area contributed by atoms with E-state index in [2.05, 4.69) is 10.6 Å². The van der Waals surface area contributed by atoms with Gasteiger partial charge in [0, 0.05) is 28.5 Å². The summed E-state index contributed by atoms with van der Waals surface area (Å²) in [6.45, 7) is 5.23. The Hall–Kier alpha value is -3.10. The van der Waals surface area contributed by atoms with Crippen LogP contribution in [0.3, 0.4) is 0 Å². The van der Waals surface area contributed by atoms with Gasteiger partial charge in [0.1, 0.15) is 10.6 Å². The lowest BCUT2D eigenvalue weighted by Gasteiger charge is -2.13. The van der Waals surface area contributed by atoms with E-state index in [9.17, 15) is 14.4 Å². The highest BCUT2D eigenvalue weighted by Crippen LogP contribution is 2.37. The second-order valence-electron chi connectivity index (χ2n) is 6.90. The van der Waals surface area contributed by atoms with Gasteiger partial charge >= 0.3 is 5.97 Å². The van der Waals surface area contributed by atoms with E-state index in [0.717, 1.165) is 16.0 Å². The summed E-state index contributed by atoms with van der Waals surface area (Å²) < 4.78 is 5.25. The molecule has 2 N–H and O–H groups in total. The molecule has 0 spiro atoms. The minimum atomic E-state index is -0.466. The number of carbonyl (C=O) groups excluding carboxylic acids is 3. The van der Waals surface area contributed by atoms with Gasteiger partial charge in [0.15, 0.2) is 0 Å². The number of amides is 2. The molecular weight excluding hydrogens is 444 g/mol. The average molecular weight is 469 g/mol. The van der Waals surface area contributed by atoms with E-state index in [0.29, 0.717) is 16.3 Å². The fourth-order valence-corrected chi connectivity index (χ4v) is 4.89. The maximum atomic E-state index is 12.9. The molecule has 1 unspecified atom stereocenters. The highest BCUT2D eigenvalue weighted by Gasteiger charge is 2.24. The minimum Gasteiger partial charge on any atom is -0.462 e. The van der Waals surface area contributed by atoms with Crippen molar-refractivity contribution in [3.63, 3.8) is 0 Å². The second-order valence-corrected chi connectivity index (χ2v) is 9.19. The van der Waals surface area contributed by atoms with Crippen molar-refractivity contribution >= 4 is 51.6 Å². The molecule has 3 aromatic rings. The van der Waals surface area contributed by atoms with Crippen molar-refractivity contribution in [3.05, 3.63) is 65.5 Å². The molecule has 32 heavy (non-hydrogen) atoms. The number of nitrogens with one attached hydrogen (secondary N) is 2. The minimum absolute atomic E-state index is 0.156. The molecule has 1 atom stereocenters. The van der Waals surface area contributed by atoms with Crippen LogP contribution >= 0.6 is 23.1 Å². The predicted octanol–water partition coefficient (Wildman–Crippen LogP) is 5.67. The fraction of sp³-hybridized carbons (Fsp3) is 0.208. The van der Waals surface area contributed by atoms with Crippen molar-refractivity contribution < 1.29 is 19.1 Å². The number of ether oxygens (including phenoxy) is 1. The van der Waals surface area contributed by atoms with Crippen molar-refractivity contribution in [1.29, 1.82) is 0 Å². The lowest BCUT2D eigenvalue weighted by Crippen LogP contribution is -2.23. The van der Waals surface area contributed by atoms with Gasteiger partial charge < -0.3 is 15.4 Å². The van der Waals surface area contributed by atoms with Crippen LogP contribution in [-0.4, -0.2) is 29.6 Å². The standard InChI is InChI=1S/C24H24N2O4S2/c1-4-30-24(29)21-20(17-9-6-5-7-10-17)14-31-23(21)26-22(28)15(2)32-19-12-8-11-18(13-19)25-16(3)27/h5-15H,4H2,1-3H3,(H,25,27)(H,26,28). The Kier molecular flexibility index (Phi) is 8.08. The number of thioether (sulfide) groups is 1. The van der Waals surface area contributed by atoms with Crippen LogP contribution in [0.2, 0.25) is 0 Å². The number of esters is 1. The van der Waals surface area contributed by atoms with Crippen LogP contribution in [0, 0.1) is 0 Å². The molecule has 0 aliphatic rings. The molecule has 0 radical (unpaired) electrons. The third kappa shape index (κ3) is 5.99. The van der Waals surface area contributed by atoms with Gasteiger partial charge in [-0.25, -0.2) is 4.79 Å². The summed E-state index contributed by atoms with van der Waals surface area (Å²) in [6, 6.07) is 16.8. The molecule has 1 aromatic heterocycles. The molecule has 0 aliphatic heterocycles. The van der Waals surface area contributed by atoms with Gasteiger partial charge in [0.05, 0.1) is 11.9 Å². The number of benzene rings is 2. The quantitative estimate of drug-likeness (QED) is 0.329. The first kappa shape index (κ1) is 23.6. The van der Waals surface area contributed by atoms with Gasteiger partial charge in [0.2, 0.25) is 11.8 Å². The molecule has 0 saturated heterocycles. The molecule has 2 aromatic carbocycles. The first-order chi connectivity index (χ1) is 15.4. The van der Waals surface area contributed by atoms with Crippen molar-refractivity contribution in [2.75, 3.05) is 17.2 Å². The number of rotatable bonds is 8. The lowest BCUT2D eigenvalue weighted by atomic mass is 10.0. The summed E-state index contributed by atoms with van der Waals surface area (Å²) in [7, 11) is 0. The van der Waals surface area contributed by atoms with Gasteiger partial charge in [-0.1, -0.05) is 36.4 Å². The Bertz CT molecular complexity index is 1110. The summed E-state index contributed by atoms with van der Waals surface area (Å²) >= 11 is 2.66. The molecule has 6 nitrogen and oxygen atoms in total. The summed E-state index contributed by atoms with van der Waals surface area (Å²) in [4.78, 5) is 37.7. The summed E-state index contributed by atoms with van der Waals surface area (Å²) in [5.41, 5.74) is 2.64. The maximum absolute atomic E-state index is 12.9. The van der Waals surface area contributed by atoms with Gasteiger partial charge in [0.25, 0.3) is 0 Å². The van der Waals surface area contributed by atoms with E-state index in [1.54, 1.807) is 19.9 Å². The van der Waals surface area contributed by atoms with E-state index in [1.165, 1.54) is 30.0 Å². The van der Waals surface area contributed by atoms with Crippen LogP contribution in [0.4, 0.5) is 10.7 Å². The highest BCUT2D eigenvalue weighted by atomic mass is 32.2. The molecule has 166 valence electrons. The third-order valence-electron chi connectivity index (χ3n) is 4.43. The van der Waals surface area contributed by atoms with Crippen molar-refractivity contribution in [2.45, 2.75) is 30.9 Å². The van der Waals surface area contributed by atoms with Gasteiger partial charge in [-0.05, 0) is 37.6 Å². The Labute approximate surface area is 195 Å². The SMILES string of the molecule is CCOC(=O)c1c(-c2ccccc2)csc1NC(=O)C(C)Sc1cccc(NC(C)=O)c1. The molecule has 0 saturated carbocycles. The van der Waals surface area contributed by atoms with Crippen LogP contribution < -0.4 is 10.6 Å². The molecule has 3 rings (SSSR count). The van der Waals surface area contributed by atoms with E-state index in [-0.39, 0.29) is 18.4 Å². The van der Waals surface area contributed by atoms with E-state index in [1.807, 2.05) is 53.9 Å². The molecular formula is C24H24N2O4S2. The summed E-state index contributed by atoms with van der Waals surface area (Å²) in [5, 5.41) is 7.52. The smallest absolute Gasteiger partial charge is 0.341 e. The summed E-state index contributed by atoms with van der Waals surface area (Å²) in [5.74, 6) is -0.852. The van der Waals surface area contributed by atoms with Crippen LogP contribution in [0.15, 0.2) is 64.9 Å². The monoisotopic (exact) mass is 468 g/mol. The fourth-order valence-electron chi connectivity index (χ4n) is 3.01. The van der Waals surface area contributed by atoms with Crippen LogP contribution in [0.5, 0.6) is 0 Å². The van der Waals surface area contributed by atoms with Gasteiger partial charge in [-0.2, -0.15) is 0 Å². The van der Waals surface area contributed by atoms with Crippen molar-refractivity contribution in [3.8, 4) is 11.1 Å². The summed E-state index contributed by atoms with van der Waals surface area (Å²) in [6.07, 6.45) is 0. The van der Waals surface area contributed by atoms with Crippen molar-refractivity contribution in [2.24, 2.45) is 0 Å². The first-order valence-electron chi connectivity index (χ1n) is 10.1. The number of hydrogen-bond acceptors (Lipinski definition) is 6. The molecule has 1 heterocycles. The number of carbonyl (C=O) groups is 3. The van der Waals surface area contributed by atoms with E-state index >= 15 is 0 Å². The lowest BCUT2D eigenvalue weighted by molar-refractivity contribution is -0.115. The predicted molar refractivity (Wildman–Crippen MR) is 130 cm³/mol. The van der Waals surface area contributed by atoms with Crippen LogP contribution in [0.25, 0.3) is 11.1 Å². The highest BCUT2D eigenvalue weighted by molar-refractivity contribution is 8.00. The van der Waals surface area contributed by atoms with Crippen molar-refractivity contribution in [1.82, 2.24) is 0 Å². The zero-order chi connectivity index (χ0) is 23.1. The number of thiophene rings is 1. The largest absolute Gasteiger partial charge is 0.462 e. The number of anilines is 2. The van der Waals surface area contributed by atoms with Crippen LogP contribution in [-0.2, 0) is 14.3 Å². The Morgan fingerprint density at radius 1 is 1.06 bits per heavy atom. The molecule has 2 amide bonds. The zero-order valence-corrected chi connectivity index (χ0v) is 19.6. The normalized spacial score (nSPS) is 11.5. The zero-order valence-electron chi connectivity index (χ0n) is 18.0. The third-order valence-corrected chi connectivity index (χ3v) is 6.42. The Morgan fingerprint density at radius 3 is 2.50 bits per heavy atom. The topological polar surface area (TPSA) is 84.5 Å². The molecule has 0 fully saturated rings. The van der Waals surface area contributed by atoms with E-state index < -0.39 is 11.2 Å². The van der Waals surface area contributed by atoms with Crippen LogP contribution in [0.1, 0.15) is 31.1 Å². The molecule has 0 bridgehead atoms. The average Bonchev–Trinajstić information content (AvgIpc) is 3.18. The first-order valence-corrected chi connectivity index (χ1v) is 11.8. The van der Waals surface area contributed by atoms with Gasteiger partial charge in [-0.15, -0.1) is 23.1 Å². The second kappa shape index (κ2) is 11.0. The number of hydrogen-bond donors (Lipinski definition) is 2. The Morgan fingerprint density at radius 2 is 1.81 bits per heavy atom. The maximum Gasteiger partial charge on any atom is 0.341 e. The van der Waals surface area contributed by atoms with E-state index in [4.69, 9.17) is 4.74 Å². The molecule has 0 aliphatic carbocycles. The molecule has 8 heteroatoms.